The first kappa shape index (κ1) is 22.0. The molecule has 4 aliphatic carbocycles. The lowest BCUT2D eigenvalue weighted by Crippen LogP contribution is -2.71. The largest absolute Gasteiger partial charge is 0.455 e. The number of halogens is 8. The zero-order valence-electron chi connectivity index (χ0n) is 15.8. The summed E-state index contributed by atoms with van der Waals surface area (Å²) >= 11 is 0. The fraction of sp³-hybridized carbons (Fsp3) is 0.944. The van der Waals surface area contributed by atoms with Gasteiger partial charge in [0.15, 0.2) is 5.79 Å². The molecular weight excluding hydrogens is 432 g/mol. The summed E-state index contributed by atoms with van der Waals surface area (Å²) in [5.41, 5.74) is -5.36. The van der Waals surface area contributed by atoms with Gasteiger partial charge in [-0.15, -0.1) is 0 Å². The molecule has 0 N–H and O–H groups in total. The van der Waals surface area contributed by atoms with Crippen LogP contribution in [0.3, 0.4) is 0 Å². The number of hydrogen-bond acceptors (Lipinski definition) is 4. The summed E-state index contributed by atoms with van der Waals surface area (Å²) in [6.07, 6.45) is -10.1. The van der Waals surface area contributed by atoms with E-state index in [9.17, 15) is 39.9 Å². The van der Waals surface area contributed by atoms with Gasteiger partial charge in [0.2, 0.25) is 5.41 Å². The molecule has 0 amide bonds. The number of hydrogen-bond donors (Lipinski definition) is 0. The number of carbonyl (C=O) groups is 1. The summed E-state index contributed by atoms with van der Waals surface area (Å²) in [5, 5.41) is 0. The molecule has 2 unspecified atom stereocenters. The Labute approximate surface area is 166 Å². The van der Waals surface area contributed by atoms with E-state index < -0.39 is 66.1 Å². The second-order valence-electron chi connectivity index (χ2n) is 9.18. The van der Waals surface area contributed by atoms with Crippen molar-refractivity contribution in [2.24, 2.45) is 23.2 Å². The smallest absolute Gasteiger partial charge is 0.407 e. The van der Waals surface area contributed by atoms with Crippen LogP contribution in [-0.2, 0) is 19.0 Å². The maximum Gasteiger partial charge on any atom is 0.407 e. The first-order chi connectivity index (χ1) is 13.5. The molecule has 1 spiro atoms. The molecular formula is C18H20F8O4. The van der Waals surface area contributed by atoms with Crippen molar-refractivity contribution in [3.8, 4) is 0 Å². The Kier molecular flexibility index (Phi) is 4.56. The van der Waals surface area contributed by atoms with Gasteiger partial charge in [-0.25, -0.2) is 4.79 Å². The molecule has 0 aromatic carbocycles. The third kappa shape index (κ3) is 3.03. The Bertz CT molecular complexity index is 683. The van der Waals surface area contributed by atoms with E-state index >= 15 is 0 Å². The maximum absolute atomic E-state index is 13.3. The predicted octanol–water partition coefficient (Wildman–Crippen LogP) is 4.62. The van der Waals surface area contributed by atoms with Gasteiger partial charge in [-0.05, 0) is 38.0 Å². The summed E-state index contributed by atoms with van der Waals surface area (Å²) in [5.74, 6) is -8.44. The molecule has 172 valence electrons. The Morgan fingerprint density at radius 3 is 1.73 bits per heavy atom. The minimum atomic E-state index is -5.62. The van der Waals surface area contributed by atoms with Gasteiger partial charge in [-0.3, -0.25) is 0 Å². The standard InChI is InChI=1S/C18H20F8O4/c1-13(19,20)12(27)30-14-4-9-2-10(5-14)16(11(3-9)6-14)28-7-15(8-29-16,17(21,22)23)18(24,25)26/h9-11H,2-8H2,1H3. The second kappa shape index (κ2) is 6.20. The van der Waals surface area contributed by atoms with Crippen molar-refractivity contribution in [2.45, 2.75) is 68.7 Å². The third-order valence-electron chi connectivity index (χ3n) is 7.11. The van der Waals surface area contributed by atoms with Gasteiger partial charge in [0.05, 0.1) is 13.2 Å². The van der Waals surface area contributed by atoms with E-state index in [2.05, 4.69) is 0 Å². The molecule has 5 aliphatic rings. The van der Waals surface area contributed by atoms with Crippen LogP contribution in [0.1, 0.15) is 39.0 Å². The zero-order valence-corrected chi connectivity index (χ0v) is 15.8. The highest BCUT2D eigenvalue weighted by Crippen LogP contribution is 2.65. The average molecular weight is 452 g/mol. The monoisotopic (exact) mass is 452 g/mol. The van der Waals surface area contributed by atoms with E-state index in [0.717, 1.165) is 0 Å². The third-order valence-corrected chi connectivity index (χ3v) is 7.11. The minimum Gasteiger partial charge on any atom is -0.455 e. The predicted molar refractivity (Wildman–Crippen MR) is 82.2 cm³/mol. The van der Waals surface area contributed by atoms with Gasteiger partial charge in [-0.2, -0.15) is 35.1 Å². The van der Waals surface area contributed by atoms with Gasteiger partial charge >= 0.3 is 24.2 Å². The van der Waals surface area contributed by atoms with Gasteiger partial charge in [0.1, 0.15) is 5.60 Å². The van der Waals surface area contributed by atoms with E-state index in [0.29, 0.717) is 26.2 Å². The molecule has 4 bridgehead atoms. The second-order valence-corrected chi connectivity index (χ2v) is 9.18. The Morgan fingerprint density at radius 2 is 1.33 bits per heavy atom. The lowest BCUT2D eigenvalue weighted by atomic mass is 9.51. The summed E-state index contributed by atoms with van der Waals surface area (Å²) in [6, 6.07) is 0. The van der Waals surface area contributed by atoms with Crippen LogP contribution in [0.5, 0.6) is 0 Å². The fourth-order valence-corrected chi connectivity index (χ4v) is 5.78. The van der Waals surface area contributed by atoms with Crippen LogP contribution in [0.2, 0.25) is 0 Å². The van der Waals surface area contributed by atoms with Crippen molar-refractivity contribution in [3.05, 3.63) is 0 Å². The molecule has 30 heavy (non-hydrogen) atoms. The molecule has 4 nitrogen and oxygen atoms in total. The van der Waals surface area contributed by atoms with Crippen molar-refractivity contribution in [3.63, 3.8) is 0 Å². The summed E-state index contributed by atoms with van der Waals surface area (Å²) in [6.45, 7) is -2.85. The fourth-order valence-electron chi connectivity index (χ4n) is 5.78. The van der Waals surface area contributed by atoms with Crippen LogP contribution >= 0.6 is 0 Å². The summed E-state index contributed by atoms with van der Waals surface area (Å²) in [4.78, 5) is 11.7. The molecule has 1 aliphatic heterocycles. The summed E-state index contributed by atoms with van der Waals surface area (Å²) in [7, 11) is 0. The lowest BCUT2D eigenvalue weighted by Gasteiger charge is -2.65. The number of esters is 1. The molecule has 1 heterocycles. The van der Waals surface area contributed by atoms with Crippen LogP contribution < -0.4 is 0 Å². The van der Waals surface area contributed by atoms with E-state index in [1.54, 1.807) is 0 Å². The van der Waals surface area contributed by atoms with Crippen LogP contribution in [0.25, 0.3) is 0 Å². The topological polar surface area (TPSA) is 44.8 Å². The van der Waals surface area contributed by atoms with Gasteiger partial charge < -0.3 is 14.2 Å². The Morgan fingerprint density at radius 1 is 0.867 bits per heavy atom. The lowest BCUT2D eigenvalue weighted by molar-refractivity contribution is -0.454. The molecule has 0 aromatic rings. The van der Waals surface area contributed by atoms with Crippen molar-refractivity contribution in [2.75, 3.05) is 13.2 Å². The molecule has 0 aromatic heterocycles. The molecule has 0 radical (unpaired) electrons. The molecule has 5 rings (SSSR count). The molecule has 4 saturated carbocycles. The summed E-state index contributed by atoms with van der Waals surface area (Å²) < 4.78 is 122. The molecule has 2 atom stereocenters. The SMILES string of the molecule is CC(F)(F)C(=O)OC12CC3CC(C1)C1(OCC(C(F)(F)F)(C(F)(F)F)CO1)C(C3)C2. The van der Waals surface area contributed by atoms with Crippen LogP contribution in [0.15, 0.2) is 0 Å². The number of ether oxygens (including phenoxy) is 3. The molecule has 5 fully saturated rings. The minimum absolute atomic E-state index is 0.00709. The zero-order chi connectivity index (χ0) is 22.4. The first-order valence-electron chi connectivity index (χ1n) is 9.56. The quantitative estimate of drug-likeness (QED) is 0.453. The number of carbonyl (C=O) groups excluding carboxylic acids is 1. The van der Waals surface area contributed by atoms with Gasteiger partial charge in [-0.1, -0.05) is 0 Å². The highest BCUT2D eigenvalue weighted by Gasteiger charge is 2.76. The van der Waals surface area contributed by atoms with Crippen LogP contribution in [-0.4, -0.2) is 48.8 Å². The van der Waals surface area contributed by atoms with Crippen molar-refractivity contribution in [1.29, 1.82) is 0 Å². The van der Waals surface area contributed by atoms with Crippen molar-refractivity contribution < 1.29 is 54.1 Å². The highest BCUT2D eigenvalue weighted by molar-refractivity contribution is 5.77. The highest BCUT2D eigenvalue weighted by atomic mass is 19.4. The number of rotatable bonds is 2. The van der Waals surface area contributed by atoms with Crippen molar-refractivity contribution in [1.82, 2.24) is 0 Å². The van der Waals surface area contributed by atoms with Gasteiger partial charge in [0, 0.05) is 18.8 Å². The maximum atomic E-state index is 13.3. The normalized spacial score (nSPS) is 37.4. The van der Waals surface area contributed by atoms with Crippen LogP contribution in [0.4, 0.5) is 35.1 Å². The van der Waals surface area contributed by atoms with Gasteiger partial charge in [0.25, 0.3) is 0 Å². The first-order valence-corrected chi connectivity index (χ1v) is 9.56. The van der Waals surface area contributed by atoms with E-state index in [-0.39, 0.29) is 18.8 Å². The number of alkyl halides is 8. The van der Waals surface area contributed by atoms with E-state index in [1.165, 1.54) is 0 Å². The Hall–Kier alpha value is -1.17. The van der Waals surface area contributed by atoms with Crippen LogP contribution in [0, 0.1) is 23.2 Å². The molecule has 12 heteroatoms. The van der Waals surface area contributed by atoms with Crippen molar-refractivity contribution >= 4 is 5.97 Å². The van der Waals surface area contributed by atoms with E-state index in [1.807, 2.05) is 0 Å². The average Bonchev–Trinajstić information content (AvgIpc) is 2.56. The Balaban J connectivity index is 1.57. The van der Waals surface area contributed by atoms with E-state index in [4.69, 9.17) is 14.2 Å². The molecule has 1 saturated heterocycles.